The van der Waals surface area contributed by atoms with Crippen molar-refractivity contribution >= 4 is 5.97 Å². The van der Waals surface area contributed by atoms with E-state index in [4.69, 9.17) is 10.4 Å². The van der Waals surface area contributed by atoms with E-state index in [1.54, 1.807) is 6.92 Å². The third-order valence-electron chi connectivity index (χ3n) is 0.814. The van der Waals surface area contributed by atoms with Crippen molar-refractivity contribution < 1.29 is 14.6 Å². The topological polar surface area (TPSA) is 70.3 Å². The maximum atomic E-state index is 10.5. The van der Waals surface area contributed by atoms with Crippen molar-refractivity contribution in [1.82, 2.24) is 0 Å². The third kappa shape index (κ3) is 3.87. The van der Waals surface area contributed by atoms with Gasteiger partial charge in [-0.15, -0.1) is 0 Å². The van der Waals surface area contributed by atoms with Crippen LogP contribution in [0.25, 0.3) is 0 Å². The summed E-state index contributed by atoms with van der Waals surface area (Å²) in [6.07, 6.45) is -1.48. The molecule has 0 amide bonds. The van der Waals surface area contributed by atoms with Crippen molar-refractivity contribution in [2.75, 3.05) is 6.61 Å². The highest BCUT2D eigenvalue weighted by atomic mass is 16.5. The Kier molecular flexibility index (Phi) is 4.25. The zero-order chi connectivity index (χ0) is 7.98. The van der Waals surface area contributed by atoms with Crippen LogP contribution in [0.1, 0.15) is 13.3 Å². The lowest BCUT2D eigenvalue weighted by Crippen LogP contribution is -2.13. The number of nitriles is 1. The molecule has 10 heavy (non-hydrogen) atoms. The van der Waals surface area contributed by atoms with Gasteiger partial charge in [0.2, 0.25) is 0 Å². The van der Waals surface area contributed by atoms with Crippen molar-refractivity contribution in [2.45, 2.75) is 19.4 Å². The van der Waals surface area contributed by atoms with E-state index in [0.717, 1.165) is 0 Å². The minimum atomic E-state index is -1.24. The Balaban J connectivity index is 3.49. The molecule has 0 saturated carbocycles. The van der Waals surface area contributed by atoms with Gasteiger partial charge in [0.05, 0.1) is 19.1 Å². The molecule has 1 atom stereocenters. The molecule has 0 saturated heterocycles. The maximum Gasteiger partial charge on any atom is 0.309 e. The van der Waals surface area contributed by atoms with Gasteiger partial charge in [0, 0.05) is 0 Å². The van der Waals surface area contributed by atoms with Gasteiger partial charge >= 0.3 is 5.97 Å². The van der Waals surface area contributed by atoms with E-state index in [9.17, 15) is 4.79 Å². The maximum absolute atomic E-state index is 10.5. The Morgan fingerprint density at radius 2 is 2.50 bits per heavy atom. The van der Waals surface area contributed by atoms with Crippen LogP contribution in [0.15, 0.2) is 0 Å². The van der Waals surface area contributed by atoms with Gasteiger partial charge in [0.15, 0.2) is 6.10 Å². The van der Waals surface area contributed by atoms with E-state index in [0.29, 0.717) is 0 Å². The largest absolute Gasteiger partial charge is 0.466 e. The minimum Gasteiger partial charge on any atom is -0.466 e. The SMILES string of the molecule is CCOC(=O)C[C@H](O)C#N. The Bertz CT molecular complexity index is 150. The highest BCUT2D eigenvalue weighted by Gasteiger charge is 2.08. The molecule has 1 N–H and O–H groups in total. The fourth-order valence-electron chi connectivity index (χ4n) is 0.423. The van der Waals surface area contributed by atoms with Crippen LogP contribution < -0.4 is 0 Å². The lowest BCUT2D eigenvalue weighted by atomic mass is 10.3. The zero-order valence-electron chi connectivity index (χ0n) is 5.70. The van der Waals surface area contributed by atoms with Crippen molar-refractivity contribution in [2.24, 2.45) is 0 Å². The molecule has 0 fully saturated rings. The normalized spacial score (nSPS) is 11.7. The minimum absolute atomic E-state index is 0.246. The number of aliphatic hydroxyl groups excluding tert-OH is 1. The number of hydrogen-bond donors (Lipinski definition) is 1. The first kappa shape index (κ1) is 8.92. The lowest BCUT2D eigenvalue weighted by Gasteiger charge is -2.00. The average molecular weight is 143 g/mol. The van der Waals surface area contributed by atoms with E-state index < -0.39 is 12.1 Å². The molecular formula is C6H9NO3. The van der Waals surface area contributed by atoms with Crippen LogP contribution in [-0.2, 0) is 9.53 Å². The summed E-state index contributed by atoms with van der Waals surface area (Å²) in [7, 11) is 0. The van der Waals surface area contributed by atoms with Crippen molar-refractivity contribution in [1.29, 1.82) is 5.26 Å². The second kappa shape index (κ2) is 4.77. The van der Waals surface area contributed by atoms with Gasteiger partial charge in [-0.1, -0.05) is 0 Å². The molecule has 0 aliphatic carbocycles. The van der Waals surface area contributed by atoms with E-state index in [-0.39, 0.29) is 13.0 Å². The standard InChI is InChI=1S/C6H9NO3/c1-2-10-6(9)3-5(8)4-7/h5,8H,2-3H2,1H3/t5-/m0/s1. The summed E-state index contributed by atoms with van der Waals surface area (Å²) in [5, 5.41) is 16.6. The molecule has 0 aromatic heterocycles. The number of nitrogens with zero attached hydrogens (tertiary/aromatic N) is 1. The fourth-order valence-corrected chi connectivity index (χ4v) is 0.423. The number of rotatable bonds is 3. The summed E-state index contributed by atoms with van der Waals surface area (Å²) >= 11 is 0. The van der Waals surface area contributed by atoms with E-state index >= 15 is 0 Å². The Morgan fingerprint density at radius 1 is 1.90 bits per heavy atom. The smallest absolute Gasteiger partial charge is 0.309 e. The average Bonchev–Trinajstić information content (AvgIpc) is 1.88. The van der Waals surface area contributed by atoms with Gasteiger partial charge in [-0.3, -0.25) is 4.79 Å². The Labute approximate surface area is 59.0 Å². The summed E-state index contributed by atoms with van der Waals surface area (Å²) < 4.78 is 4.46. The Morgan fingerprint density at radius 3 is 2.90 bits per heavy atom. The lowest BCUT2D eigenvalue weighted by molar-refractivity contribution is -0.144. The van der Waals surface area contributed by atoms with Crippen LogP contribution >= 0.6 is 0 Å². The third-order valence-corrected chi connectivity index (χ3v) is 0.814. The van der Waals surface area contributed by atoms with Crippen LogP contribution in [0.4, 0.5) is 0 Å². The number of hydrogen-bond acceptors (Lipinski definition) is 4. The highest BCUT2D eigenvalue weighted by Crippen LogP contribution is 1.91. The monoisotopic (exact) mass is 143 g/mol. The molecule has 0 heterocycles. The number of esters is 1. The Hall–Kier alpha value is -1.08. The zero-order valence-corrected chi connectivity index (χ0v) is 5.70. The molecule has 0 unspecified atom stereocenters. The molecule has 0 rings (SSSR count). The van der Waals surface area contributed by atoms with Crippen LogP contribution in [0.5, 0.6) is 0 Å². The van der Waals surface area contributed by atoms with Crippen LogP contribution in [0.3, 0.4) is 0 Å². The fraction of sp³-hybridized carbons (Fsp3) is 0.667. The second-order valence-electron chi connectivity index (χ2n) is 1.65. The summed E-state index contributed by atoms with van der Waals surface area (Å²) in [5.74, 6) is -0.545. The van der Waals surface area contributed by atoms with Crippen LogP contribution in [0.2, 0.25) is 0 Å². The summed E-state index contributed by atoms with van der Waals surface area (Å²) in [4.78, 5) is 10.5. The van der Waals surface area contributed by atoms with E-state index in [1.807, 2.05) is 0 Å². The molecular weight excluding hydrogens is 134 g/mol. The first-order valence-electron chi connectivity index (χ1n) is 2.94. The second-order valence-corrected chi connectivity index (χ2v) is 1.65. The molecule has 0 spiro atoms. The van der Waals surface area contributed by atoms with E-state index in [1.165, 1.54) is 6.07 Å². The molecule has 0 aliphatic rings. The summed E-state index contributed by atoms with van der Waals surface area (Å²) in [6, 6.07) is 1.51. The van der Waals surface area contributed by atoms with Gasteiger partial charge in [-0.25, -0.2) is 0 Å². The van der Waals surface area contributed by atoms with Crippen molar-refractivity contribution in [3.8, 4) is 6.07 Å². The molecule has 0 aromatic rings. The number of carbonyl (C=O) groups excluding carboxylic acids is 1. The molecule has 0 aliphatic heterocycles. The quantitative estimate of drug-likeness (QED) is 0.439. The summed E-state index contributed by atoms with van der Waals surface area (Å²) in [5.41, 5.74) is 0. The molecule has 4 nitrogen and oxygen atoms in total. The van der Waals surface area contributed by atoms with Gasteiger partial charge in [0.25, 0.3) is 0 Å². The number of aliphatic hydroxyl groups is 1. The number of ether oxygens (including phenoxy) is 1. The molecule has 0 bridgehead atoms. The van der Waals surface area contributed by atoms with Gasteiger partial charge in [-0.2, -0.15) is 5.26 Å². The molecule has 0 aromatic carbocycles. The highest BCUT2D eigenvalue weighted by molar-refractivity contribution is 5.70. The first-order valence-corrected chi connectivity index (χ1v) is 2.94. The van der Waals surface area contributed by atoms with Crippen LogP contribution in [-0.4, -0.2) is 23.8 Å². The van der Waals surface area contributed by atoms with Crippen molar-refractivity contribution in [3.63, 3.8) is 0 Å². The van der Waals surface area contributed by atoms with Crippen molar-refractivity contribution in [3.05, 3.63) is 0 Å². The predicted molar refractivity (Wildman–Crippen MR) is 32.9 cm³/mol. The number of carbonyl (C=O) groups is 1. The van der Waals surface area contributed by atoms with Crippen LogP contribution in [0, 0.1) is 11.3 Å². The predicted octanol–water partition coefficient (Wildman–Crippen LogP) is -0.176. The summed E-state index contributed by atoms with van der Waals surface area (Å²) in [6.45, 7) is 1.94. The van der Waals surface area contributed by atoms with Gasteiger partial charge in [-0.05, 0) is 6.92 Å². The van der Waals surface area contributed by atoms with Gasteiger partial charge < -0.3 is 9.84 Å². The van der Waals surface area contributed by atoms with E-state index in [2.05, 4.69) is 4.74 Å². The molecule has 0 radical (unpaired) electrons. The molecule has 4 heteroatoms. The molecule has 56 valence electrons. The van der Waals surface area contributed by atoms with Gasteiger partial charge in [0.1, 0.15) is 0 Å². The first-order chi connectivity index (χ1) is 4.70.